The van der Waals surface area contributed by atoms with E-state index in [9.17, 15) is 4.79 Å². The molecule has 0 heterocycles. The Hall–Kier alpha value is -1.81. The van der Waals surface area contributed by atoms with Crippen molar-refractivity contribution in [3.63, 3.8) is 0 Å². The minimum Gasteiger partial charge on any atom is -0.489 e. The predicted molar refractivity (Wildman–Crippen MR) is 82.4 cm³/mol. The Bertz CT molecular complexity index is 564. The fourth-order valence-corrected chi connectivity index (χ4v) is 2.03. The van der Waals surface area contributed by atoms with Gasteiger partial charge in [0.15, 0.2) is 0 Å². The number of hydrogen-bond acceptors (Lipinski definition) is 2. The van der Waals surface area contributed by atoms with Gasteiger partial charge in [-0.15, -0.1) is 0 Å². The van der Waals surface area contributed by atoms with Crippen molar-refractivity contribution in [3.8, 4) is 5.75 Å². The van der Waals surface area contributed by atoms with Crippen molar-refractivity contribution in [2.75, 3.05) is 0 Å². The number of nitrogens with two attached hydrogens (primary N) is 1. The number of halogens is 1. The van der Waals surface area contributed by atoms with Gasteiger partial charge in [0.1, 0.15) is 12.4 Å². The van der Waals surface area contributed by atoms with E-state index < -0.39 is 0 Å². The second-order valence-corrected chi connectivity index (χ2v) is 5.44. The quantitative estimate of drug-likeness (QED) is 0.880. The predicted octanol–water partition coefficient (Wildman–Crippen LogP) is 3.45. The van der Waals surface area contributed by atoms with Crippen LogP contribution in [0.25, 0.3) is 0 Å². The lowest BCUT2D eigenvalue weighted by Crippen LogP contribution is -2.11. The molecule has 2 rings (SSSR count). The molecule has 4 heteroatoms. The van der Waals surface area contributed by atoms with Gasteiger partial charge in [0, 0.05) is 10.9 Å². The maximum absolute atomic E-state index is 10.7. The molecule has 3 nitrogen and oxygen atoms in total. The van der Waals surface area contributed by atoms with E-state index >= 15 is 0 Å². The number of ether oxygens (including phenoxy) is 1. The number of carbonyl (C=O) groups excluding carboxylic acids is 1. The number of aryl methyl sites for hydroxylation is 1. The highest BCUT2D eigenvalue weighted by molar-refractivity contribution is 9.10. The van der Waals surface area contributed by atoms with Crippen LogP contribution in [0.4, 0.5) is 0 Å². The molecule has 0 spiro atoms. The largest absolute Gasteiger partial charge is 0.489 e. The van der Waals surface area contributed by atoms with Crippen molar-refractivity contribution < 1.29 is 9.53 Å². The molecule has 0 aliphatic heterocycles. The maximum Gasteiger partial charge on any atom is 0.217 e. The van der Waals surface area contributed by atoms with Crippen molar-refractivity contribution in [2.24, 2.45) is 5.73 Å². The standard InChI is InChI=1S/C16H16BrNO2/c17-14-6-1-13(2-7-14)11-20-15-8-3-12(4-9-15)5-10-16(18)19/h1-4,6-9H,5,10-11H2,(H2,18,19). The smallest absolute Gasteiger partial charge is 0.217 e. The molecule has 0 aromatic heterocycles. The lowest BCUT2D eigenvalue weighted by Gasteiger charge is -2.07. The Morgan fingerprint density at radius 1 is 1.00 bits per heavy atom. The lowest BCUT2D eigenvalue weighted by molar-refractivity contribution is -0.117. The van der Waals surface area contributed by atoms with Gasteiger partial charge in [0.25, 0.3) is 0 Å². The lowest BCUT2D eigenvalue weighted by atomic mass is 10.1. The normalized spacial score (nSPS) is 10.2. The molecule has 0 unspecified atom stereocenters. The van der Waals surface area contributed by atoms with Crippen molar-refractivity contribution in [2.45, 2.75) is 19.4 Å². The number of hydrogen-bond donors (Lipinski definition) is 1. The van der Waals surface area contributed by atoms with Crippen LogP contribution in [-0.4, -0.2) is 5.91 Å². The molecule has 0 saturated carbocycles. The van der Waals surface area contributed by atoms with E-state index in [4.69, 9.17) is 10.5 Å². The summed E-state index contributed by atoms with van der Waals surface area (Å²) in [4.78, 5) is 10.7. The average molecular weight is 334 g/mol. The molecular formula is C16H16BrNO2. The van der Waals surface area contributed by atoms with Crippen LogP contribution in [0.2, 0.25) is 0 Å². The van der Waals surface area contributed by atoms with E-state index in [0.29, 0.717) is 19.4 Å². The highest BCUT2D eigenvalue weighted by Crippen LogP contribution is 2.16. The molecule has 0 atom stereocenters. The summed E-state index contributed by atoms with van der Waals surface area (Å²) in [6, 6.07) is 15.8. The summed E-state index contributed by atoms with van der Waals surface area (Å²) >= 11 is 3.40. The zero-order valence-corrected chi connectivity index (χ0v) is 12.6. The van der Waals surface area contributed by atoms with Crippen LogP contribution in [0.1, 0.15) is 17.5 Å². The summed E-state index contributed by atoms with van der Waals surface area (Å²) in [5, 5.41) is 0. The average Bonchev–Trinajstić information content (AvgIpc) is 2.45. The summed E-state index contributed by atoms with van der Waals surface area (Å²) in [6.07, 6.45) is 1.04. The van der Waals surface area contributed by atoms with Crippen LogP contribution in [0.3, 0.4) is 0 Å². The SMILES string of the molecule is NC(=O)CCc1ccc(OCc2ccc(Br)cc2)cc1. The molecular weight excluding hydrogens is 318 g/mol. The van der Waals surface area contributed by atoms with Crippen molar-refractivity contribution in [1.29, 1.82) is 0 Å². The van der Waals surface area contributed by atoms with Crippen molar-refractivity contribution in [1.82, 2.24) is 0 Å². The zero-order valence-electron chi connectivity index (χ0n) is 11.0. The van der Waals surface area contributed by atoms with Crippen molar-refractivity contribution >= 4 is 21.8 Å². The minimum atomic E-state index is -0.277. The van der Waals surface area contributed by atoms with Gasteiger partial charge in [-0.3, -0.25) is 4.79 Å². The first-order chi connectivity index (χ1) is 9.63. The first-order valence-corrected chi connectivity index (χ1v) is 7.17. The molecule has 0 radical (unpaired) electrons. The molecule has 0 saturated heterocycles. The second kappa shape index (κ2) is 7.10. The van der Waals surface area contributed by atoms with Gasteiger partial charge in [-0.25, -0.2) is 0 Å². The summed E-state index contributed by atoms with van der Waals surface area (Å²) in [5.41, 5.74) is 7.33. The van der Waals surface area contributed by atoms with E-state index in [-0.39, 0.29) is 5.91 Å². The molecule has 2 N–H and O–H groups in total. The van der Waals surface area contributed by atoms with Crippen LogP contribution in [0.15, 0.2) is 53.0 Å². The van der Waals surface area contributed by atoms with Gasteiger partial charge in [-0.1, -0.05) is 40.2 Å². The van der Waals surface area contributed by atoms with E-state index in [1.807, 2.05) is 48.5 Å². The van der Waals surface area contributed by atoms with Gasteiger partial charge >= 0.3 is 0 Å². The van der Waals surface area contributed by atoms with Crippen LogP contribution < -0.4 is 10.5 Å². The summed E-state index contributed by atoms with van der Waals surface area (Å²) in [6.45, 7) is 0.536. The maximum atomic E-state index is 10.7. The zero-order chi connectivity index (χ0) is 14.4. The fourth-order valence-electron chi connectivity index (χ4n) is 1.77. The second-order valence-electron chi connectivity index (χ2n) is 4.53. The Morgan fingerprint density at radius 2 is 1.60 bits per heavy atom. The number of rotatable bonds is 6. The van der Waals surface area contributed by atoms with E-state index in [1.54, 1.807) is 0 Å². The van der Waals surface area contributed by atoms with E-state index in [2.05, 4.69) is 15.9 Å². The molecule has 0 bridgehead atoms. The first kappa shape index (κ1) is 14.6. The van der Waals surface area contributed by atoms with Gasteiger partial charge in [-0.05, 0) is 41.8 Å². The Labute approximate surface area is 126 Å². The summed E-state index contributed by atoms with van der Waals surface area (Å²) < 4.78 is 6.76. The highest BCUT2D eigenvalue weighted by Gasteiger charge is 1.99. The Kier molecular flexibility index (Phi) is 5.18. The summed E-state index contributed by atoms with van der Waals surface area (Å²) in [7, 11) is 0. The van der Waals surface area contributed by atoms with Crippen LogP contribution in [0.5, 0.6) is 5.75 Å². The fraction of sp³-hybridized carbons (Fsp3) is 0.188. The summed E-state index contributed by atoms with van der Waals surface area (Å²) in [5.74, 6) is 0.538. The number of carbonyl (C=O) groups is 1. The highest BCUT2D eigenvalue weighted by atomic mass is 79.9. The van der Waals surface area contributed by atoms with Crippen molar-refractivity contribution in [3.05, 3.63) is 64.1 Å². The van der Waals surface area contributed by atoms with Gasteiger partial charge < -0.3 is 10.5 Å². The Morgan fingerprint density at radius 3 is 2.20 bits per heavy atom. The monoisotopic (exact) mass is 333 g/mol. The third-order valence-electron chi connectivity index (χ3n) is 2.90. The van der Waals surface area contributed by atoms with E-state index in [0.717, 1.165) is 21.3 Å². The molecule has 0 fully saturated rings. The molecule has 0 aliphatic rings. The van der Waals surface area contributed by atoms with Crippen LogP contribution >= 0.6 is 15.9 Å². The molecule has 104 valence electrons. The molecule has 2 aromatic rings. The van der Waals surface area contributed by atoms with Gasteiger partial charge in [-0.2, -0.15) is 0 Å². The van der Waals surface area contributed by atoms with Crippen LogP contribution in [0, 0.1) is 0 Å². The van der Waals surface area contributed by atoms with Gasteiger partial charge in [0.05, 0.1) is 0 Å². The topological polar surface area (TPSA) is 52.3 Å². The minimum absolute atomic E-state index is 0.277. The number of amides is 1. The third kappa shape index (κ3) is 4.70. The molecule has 0 aliphatic carbocycles. The Balaban J connectivity index is 1.87. The molecule has 20 heavy (non-hydrogen) atoms. The number of primary amides is 1. The molecule has 1 amide bonds. The van der Waals surface area contributed by atoms with E-state index in [1.165, 1.54) is 0 Å². The van der Waals surface area contributed by atoms with Gasteiger partial charge in [0.2, 0.25) is 5.91 Å². The first-order valence-electron chi connectivity index (χ1n) is 6.38. The van der Waals surface area contributed by atoms with Crippen LogP contribution in [-0.2, 0) is 17.8 Å². The number of benzene rings is 2. The third-order valence-corrected chi connectivity index (χ3v) is 3.43. The molecule has 2 aromatic carbocycles.